The average Bonchev–Trinajstić information content (AvgIpc) is 3.31. The Kier molecular flexibility index (Phi) is 10.9. The molecule has 4 amide bonds. The zero-order chi connectivity index (χ0) is 28.7. The lowest BCUT2D eigenvalue weighted by molar-refractivity contribution is -0.145. The summed E-state index contributed by atoms with van der Waals surface area (Å²) in [6.07, 6.45) is 7.49. The fraction of sp³-hybridized carbons (Fsp3) is 0.828. The summed E-state index contributed by atoms with van der Waals surface area (Å²) in [5.74, 6) is -2.22. The van der Waals surface area contributed by atoms with Crippen LogP contribution in [0.25, 0.3) is 0 Å². The van der Waals surface area contributed by atoms with E-state index in [9.17, 15) is 24.0 Å². The van der Waals surface area contributed by atoms with Gasteiger partial charge in [-0.25, -0.2) is 0 Å². The molecule has 0 radical (unpaired) electrons. The molecular formula is C29H48N4O6. The Balaban J connectivity index is 1.76. The molecule has 3 rings (SSSR count). The van der Waals surface area contributed by atoms with Gasteiger partial charge in [-0.1, -0.05) is 47.0 Å². The van der Waals surface area contributed by atoms with Crippen molar-refractivity contribution >= 4 is 29.4 Å². The number of Topliss-reactive ketones (excluding diaryl/α,β-unsaturated/α-hetero) is 1. The zero-order valence-electron chi connectivity index (χ0n) is 24.3. The number of likely N-dealkylation sites (N-methyl/N-ethyl adjacent to an activating group) is 1. The molecule has 0 aromatic carbocycles. The van der Waals surface area contributed by atoms with E-state index in [0.29, 0.717) is 32.5 Å². The van der Waals surface area contributed by atoms with Crippen LogP contribution in [0.1, 0.15) is 91.9 Å². The van der Waals surface area contributed by atoms with Gasteiger partial charge in [0.15, 0.2) is 0 Å². The molecule has 1 unspecified atom stereocenters. The first-order valence-corrected chi connectivity index (χ1v) is 14.7. The van der Waals surface area contributed by atoms with E-state index in [1.807, 2.05) is 27.7 Å². The summed E-state index contributed by atoms with van der Waals surface area (Å²) in [4.78, 5) is 67.5. The minimum atomic E-state index is -0.989. The van der Waals surface area contributed by atoms with Crippen LogP contribution in [0.3, 0.4) is 0 Å². The second-order valence-corrected chi connectivity index (χ2v) is 12.6. The number of rotatable bonds is 13. The van der Waals surface area contributed by atoms with Gasteiger partial charge >= 0.3 is 0 Å². The van der Waals surface area contributed by atoms with Gasteiger partial charge in [-0.05, 0) is 56.8 Å². The highest BCUT2D eigenvalue weighted by Gasteiger charge is 2.40. The van der Waals surface area contributed by atoms with Gasteiger partial charge in [0.05, 0.1) is 6.04 Å². The highest BCUT2D eigenvalue weighted by atomic mass is 16.5. The molecule has 2 saturated carbocycles. The van der Waals surface area contributed by atoms with Crippen molar-refractivity contribution < 1.29 is 28.7 Å². The number of carbonyl (C=O) groups excluding carboxylic acids is 5. The van der Waals surface area contributed by atoms with Gasteiger partial charge in [-0.15, -0.1) is 0 Å². The maximum Gasteiger partial charge on any atom is 0.289 e. The Morgan fingerprint density at radius 3 is 2.18 bits per heavy atom. The molecule has 0 aromatic heterocycles. The molecule has 1 aliphatic heterocycles. The molecule has 3 aliphatic rings. The molecule has 3 N–H and O–H groups in total. The Labute approximate surface area is 232 Å². The van der Waals surface area contributed by atoms with Gasteiger partial charge in [0.1, 0.15) is 12.1 Å². The molecule has 0 bridgehead atoms. The molecule has 10 nitrogen and oxygen atoms in total. The van der Waals surface area contributed by atoms with Crippen molar-refractivity contribution in [1.82, 2.24) is 20.9 Å². The fourth-order valence-electron chi connectivity index (χ4n) is 5.42. The lowest BCUT2D eigenvalue weighted by Gasteiger charge is -2.35. The minimum absolute atomic E-state index is 0.0133. The lowest BCUT2D eigenvalue weighted by atomic mass is 9.91. The first-order valence-electron chi connectivity index (χ1n) is 14.7. The molecule has 3 fully saturated rings. The molecule has 1 saturated heterocycles. The monoisotopic (exact) mass is 548 g/mol. The van der Waals surface area contributed by atoms with Gasteiger partial charge in [-0.2, -0.15) is 0 Å². The number of ether oxygens (including phenoxy) is 1. The summed E-state index contributed by atoms with van der Waals surface area (Å²) < 4.78 is 5.45. The molecule has 220 valence electrons. The summed E-state index contributed by atoms with van der Waals surface area (Å²) in [7, 11) is 1.59. The predicted molar refractivity (Wildman–Crippen MR) is 146 cm³/mol. The topological polar surface area (TPSA) is 134 Å². The van der Waals surface area contributed by atoms with Crippen LogP contribution in [0, 0.1) is 17.3 Å². The van der Waals surface area contributed by atoms with Crippen molar-refractivity contribution in [2.24, 2.45) is 17.3 Å². The second-order valence-electron chi connectivity index (χ2n) is 12.6. The summed E-state index contributed by atoms with van der Waals surface area (Å²) >= 11 is 0. The van der Waals surface area contributed by atoms with Crippen LogP contribution >= 0.6 is 0 Å². The summed E-state index contributed by atoms with van der Waals surface area (Å²) in [5.41, 5.74) is -0.658. The lowest BCUT2D eigenvalue weighted by Crippen LogP contribution is -2.59. The first kappa shape index (κ1) is 31.0. The van der Waals surface area contributed by atoms with Crippen molar-refractivity contribution in [3.63, 3.8) is 0 Å². The molecule has 39 heavy (non-hydrogen) atoms. The van der Waals surface area contributed by atoms with Gasteiger partial charge < -0.3 is 25.6 Å². The highest BCUT2D eigenvalue weighted by molar-refractivity contribution is 6.38. The predicted octanol–water partition coefficient (Wildman–Crippen LogP) is 2.09. The SMILES string of the molecule is CCC[C@@H](C(=O)N[C@@H](CC1CCOC1)C(=O)C(=O)NC1CC1)N(C)C(=O)[C@H](NC(=O)C(C)(C)C)C1CCCC1. The number of carbonyl (C=O) groups is 5. The Bertz CT molecular complexity index is 900. The largest absolute Gasteiger partial charge is 0.381 e. The van der Waals surface area contributed by atoms with Crippen molar-refractivity contribution in [3.05, 3.63) is 0 Å². The second kappa shape index (κ2) is 13.7. The Hall–Kier alpha value is -2.49. The standard InChI is InChI=1S/C29H48N4O6/c1-6-9-22(33(5)27(37)23(19-10-7-8-11-19)32-28(38)29(2,3)4)25(35)31-21(16-18-14-15-39-17-18)24(34)26(36)30-20-12-13-20/h18-23H,6-17H2,1-5H3,(H,30,36)(H,31,35)(H,32,38)/t18?,21-,22-,23+/m0/s1. The van der Waals surface area contributed by atoms with E-state index in [4.69, 9.17) is 4.74 Å². The minimum Gasteiger partial charge on any atom is -0.381 e. The smallest absolute Gasteiger partial charge is 0.289 e. The third-order valence-electron chi connectivity index (χ3n) is 8.15. The summed E-state index contributed by atoms with van der Waals surface area (Å²) in [5, 5.41) is 8.53. The third-order valence-corrected chi connectivity index (χ3v) is 8.15. The summed E-state index contributed by atoms with van der Waals surface area (Å²) in [6, 6.07) is -2.51. The molecule has 1 heterocycles. The first-order chi connectivity index (χ1) is 18.4. The number of hydrogen-bond donors (Lipinski definition) is 3. The molecule has 0 aromatic rings. The number of nitrogens with zero attached hydrogens (tertiary/aromatic N) is 1. The zero-order valence-corrected chi connectivity index (χ0v) is 24.3. The van der Waals surface area contributed by atoms with Crippen molar-refractivity contribution in [2.75, 3.05) is 20.3 Å². The van der Waals surface area contributed by atoms with Crippen LogP contribution < -0.4 is 16.0 Å². The maximum absolute atomic E-state index is 13.8. The van der Waals surface area contributed by atoms with Crippen LogP contribution in [-0.4, -0.2) is 78.7 Å². The highest BCUT2D eigenvalue weighted by Crippen LogP contribution is 2.30. The number of amides is 4. The maximum atomic E-state index is 13.8. The van der Waals surface area contributed by atoms with Crippen LogP contribution in [0.4, 0.5) is 0 Å². The Morgan fingerprint density at radius 1 is 0.974 bits per heavy atom. The molecular weight excluding hydrogens is 500 g/mol. The van der Waals surface area contributed by atoms with E-state index in [0.717, 1.165) is 44.9 Å². The van der Waals surface area contributed by atoms with Crippen molar-refractivity contribution in [1.29, 1.82) is 0 Å². The normalized spacial score (nSPS) is 22.0. The quantitative estimate of drug-likeness (QED) is 0.302. The molecule has 4 atom stereocenters. The average molecular weight is 549 g/mol. The van der Waals surface area contributed by atoms with E-state index in [1.165, 1.54) is 4.90 Å². The van der Waals surface area contributed by atoms with E-state index in [1.54, 1.807) is 7.05 Å². The van der Waals surface area contributed by atoms with E-state index in [-0.39, 0.29) is 29.7 Å². The molecule has 0 spiro atoms. The van der Waals surface area contributed by atoms with Crippen LogP contribution in [0.2, 0.25) is 0 Å². The van der Waals surface area contributed by atoms with E-state index < -0.39 is 41.1 Å². The molecule has 10 heteroatoms. The van der Waals surface area contributed by atoms with Crippen molar-refractivity contribution in [3.8, 4) is 0 Å². The summed E-state index contributed by atoms with van der Waals surface area (Å²) in [6.45, 7) is 8.42. The third kappa shape index (κ3) is 8.75. The molecule has 2 aliphatic carbocycles. The van der Waals surface area contributed by atoms with E-state index in [2.05, 4.69) is 16.0 Å². The van der Waals surface area contributed by atoms with Gasteiger partial charge in [0.25, 0.3) is 5.91 Å². The van der Waals surface area contributed by atoms with Crippen LogP contribution in [0.15, 0.2) is 0 Å². The van der Waals surface area contributed by atoms with Crippen molar-refractivity contribution in [2.45, 2.75) is 116 Å². The number of ketones is 1. The Morgan fingerprint density at radius 2 is 1.64 bits per heavy atom. The van der Waals surface area contributed by atoms with Gasteiger partial charge in [0, 0.05) is 31.7 Å². The number of nitrogens with one attached hydrogen (secondary N) is 3. The van der Waals surface area contributed by atoms with Crippen LogP contribution in [0.5, 0.6) is 0 Å². The van der Waals surface area contributed by atoms with E-state index >= 15 is 0 Å². The van der Waals surface area contributed by atoms with Crippen LogP contribution in [-0.2, 0) is 28.7 Å². The number of hydrogen-bond acceptors (Lipinski definition) is 6. The fourth-order valence-corrected chi connectivity index (χ4v) is 5.42. The van der Waals surface area contributed by atoms with Gasteiger partial charge in [0.2, 0.25) is 23.5 Å². The van der Waals surface area contributed by atoms with Gasteiger partial charge in [-0.3, -0.25) is 24.0 Å².